The number of ether oxygens (including phenoxy) is 1. The summed E-state index contributed by atoms with van der Waals surface area (Å²) in [5.74, 6) is -0.644. The normalized spacial score (nSPS) is 20.3. The zero-order valence-electron chi connectivity index (χ0n) is 29.7. The van der Waals surface area contributed by atoms with Gasteiger partial charge in [-0.15, -0.1) is 0 Å². The van der Waals surface area contributed by atoms with Crippen LogP contribution in [0.1, 0.15) is 55.2 Å². The number of oxazole rings is 1. The summed E-state index contributed by atoms with van der Waals surface area (Å²) in [6.07, 6.45) is 4.05. The third-order valence-corrected chi connectivity index (χ3v) is 11.5. The number of nitrogens with one attached hydrogen (secondary N) is 2. The average molecular weight is 717 g/mol. The molecule has 52 heavy (non-hydrogen) atoms. The fraction of sp³-hybridized carbons (Fsp3) is 0.553. The molecular weight excluding hydrogens is 668 g/mol. The van der Waals surface area contributed by atoms with Crippen molar-refractivity contribution in [2.45, 2.75) is 70.4 Å². The van der Waals surface area contributed by atoms with Crippen molar-refractivity contribution >= 4 is 40.8 Å². The monoisotopic (exact) mass is 716 g/mol. The summed E-state index contributed by atoms with van der Waals surface area (Å²) in [5, 5.41) is 12.2. The predicted molar refractivity (Wildman–Crippen MR) is 192 cm³/mol. The molecule has 0 aliphatic carbocycles. The number of amides is 4. The number of nitrogens with zero attached hydrogens (tertiary/aromatic N) is 4. The summed E-state index contributed by atoms with van der Waals surface area (Å²) in [4.78, 5) is 74.0. The molecule has 3 N–H and O–H groups in total. The number of urea groups is 1. The van der Waals surface area contributed by atoms with Crippen molar-refractivity contribution in [3.8, 4) is 0 Å². The molecule has 2 aromatic carbocycles. The summed E-state index contributed by atoms with van der Waals surface area (Å²) < 4.78 is 11.4. The molecule has 14 nitrogen and oxygen atoms in total. The largest absolute Gasteiger partial charge is 0.480 e. The maximum atomic E-state index is 14.2. The summed E-state index contributed by atoms with van der Waals surface area (Å²) in [6, 6.07) is 11.3. The number of hydrogen-bond acceptors (Lipinski definition) is 8. The number of carboxylic acids is 1. The van der Waals surface area contributed by atoms with Gasteiger partial charge in [0.05, 0.1) is 12.1 Å². The Hall–Kier alpha value is -4.85. The van der Waals surface area contributed by atoms with E-state index in [2.05, 4.69) is 10.3 Å². The van der Waals surface area contributed by atoms with E-state index < -0.39 is 23.9 Å². The summed E-state index contributed by atoms with van der Waals surface area (Å²) in [7, 11) is 0. The Morgan fingerprint density at radius 3 is 2.29 bits per heavy atom. The van der Waals surface area contributed by atoms with Crippen LogP contribution in [0.3, 0.4) is 0 Å². The number of H-pyrrole nitrogens is 1. The Morgan fingerprint density at radius 2 is 1.58 bits per heavy atom. The molecule has 1 aromatic heterocycles. The molecule has 14 heteroatoms. The van der Waals surface area contributed by atoms with E-state index in [9.17, 15) is 24.0 Å². The SMILES string of the molecule is Cc1cc(C[C@@H](OC(=O)N2CCC(N3CCc4ccccc4NC3=O)CC2)C(=O)N2CCC(C3CCN(CC(=O)O)CC3)CC2)cc2oc(=O)[nH]c12. The van der Waals surface area contributed by atoms with E-state index in [1.807, 2.05) is 47.1 Å². The molecule has 3 fully saturated rings. The van der Waals surface area contributed by atoms with Crippen molar-refractivity contribution in [1.29, 1.82) is 0 Å². The van der Waals surface area contributed by atoms with Gasteiger partial charge in [0.1, 0.15) is 0 Å². The van der Waals surface area contributed by atoms with Gasteiger partial charge < -0.3 is 34.3 Å². The van der Waals surface area contributed by atoms with Gasteiger partial charge in [0, 0.05) is 50.9 Å². The standard InChI is InChI=1S/C38H48N6O8/c1-24-20-25(21-31-34(24)40-37(49)51-31)22-32(35(47)42-15-8-27(9-16-42)26-6-13-41(14-7-26)23-33(45)46)52-38(50)43-17-11-29(12-18-43)44-19-10-28-4-2-3-5-30(28)39-36(44)48/h2-5,20-21,26-27,29,32H,6-19,22-23H2,1H3,(H,39,48)(H,40,49)(H,45,46)/t32-/m1/s1. The number of hydrogen-bond donors (Lipinski definition) is 3. The number of para-hydroxylation sites is 1. The number of aromatic amines is 1. The molecule has 7 rings (SSSR count). The van der Waals surface area contributed by atoms with Crippen LogP contribution in [0.5, 0.6) is 0 Å². The topological polar surface area (TPSA) is 169 Å². The van der Waals surface area contributed by atoms with Crippen LogP contribution >= 0.6 is 0 Å². The molecule has 0 radical (unpaired) electrons. The van der Waals surface area contributed by atoms with Crippen LogP contribution in [0.2, 0.25) is 0 Å². The predicted octanol–water partition coefficient (Wildman–Crippen LogP) is 4.07. The molecule has 1 atom stereocenters. The van der Waals surface area contributed by atoms with Gasteiger partial charge in [0.15, 0.2) is 11.7 Å². The lowest BCUT2D eigenvalue weighted by Gasteiger charge is -2.41. The smallest absolute Gasteiger partial charge is 0.417 e. The van der Waals surface area contributed by atoms with Gasteiger partial charge in [0.2, 0.25) is 0 Å². The number of carbonyl (C=O) groups is 4. The molecule has 0 saturated carbocycles. The summed E-state index contributed by atoms with van der Waals surface area (Å²) in [5.41, 5.74) is 4.42. The minimum atomic E-state index is -1.07. The molecule has 4 aliphatic heterocycles. The molecule has 5 heterocycles. The number of aliphatic carboxylic acids is 1. The van der Waals surface area contributed by atoms with E-state index in [1.54, 1.807) is 15.9 Å². The average Bonchev–Trinajstić information content (AvgIpc) is 3.43. The Morgan fingerprint density at radius 1 is 0.904 bits per heavy atom. The summed E-state index contributed by atoms with van der Waals surface area (Å²) in [6.45, 7) is 5.99. The highest BCUT2D eigenvalue weighted by molar-refractivity contribution is 5.91. The Kier molecular flexibility index (Phi) is 10.5. The van der Waals surface area contributed by atoms with Gasteiger partial charge in [-0.05, 0) is 106 Å². The van der Waals surface area contributed by atoms with Gasteiger partial charge in [-0.3, -0.25) is 19.5 Å². The van der Waals surface area contributed by atoms with Crippen molar-refractivity contribution in [2.75, 3.05) is 57.7 Å². The molecule has 3 aromatic rings. The van der Waals surface area contributed by atoms with Crippen molar-refractivity contribution < 1.29 is 33.4 Å². The fourth-order valence-corrected chi connectivity index (χ4v) is 8.67. The van der Waals surface area contributed by atoms with Gasteiger partial charge in [0.25, 0.3) is 5.91 Å². The lowest BCUT2D eigenvalue weighted by Crippen LogP contribution is -2.52. The van der Waals surface area contributed by atoms with Crippen LogP contribution in [0, 0.1) is 18.8 Å². The van der Waals surface area contributed by atoms with E-state index in [-0.39, 0.29) is 30.9 Å². The number of benzene rings is 2. The lowest BCUT2D eigenvalue weighted by atomic mass is 9.78. The molecule has 278 valence electrons. The van der Waals surface area contributed by atoms with E-state index in [4.69, 9.17) is 14.3 Å². The Balaban J connectivity index is 0.989. The molecule has 0 spiro atoms. The Bertz CT molecular complexity index is 1850. The molecule has 4 amide bonds. The van der Waals surface area contributed by atoms with Crippen LogP contribution in [-0.2, 0) is 27.2 Å². The third-order valence-electron chi connectivity index (χ3n) is 11.5. The number of carboxylic acid groups (broad SMARTS) is 1. The second-order valence-electron chi connectivity index (χ2n) is 14.8. The van der Waals surface area contributed by atoms with Crippen LogP contribution in [-0.4, -0.2) is 118 Å². The van der Waals surface area contributed by atoms with Crippen LogP contribution in [0.4, 0.5) is 15.3 Å². The number of aryl methyl sites for hydroxylation is 1. The van der Waals surface area contributed by atoms with Gasteiger partial charge in [-0.2, -0.15) is 0 Å². The Labute approximate surface area is 302 Å². The van der Waals surface area contributed by atoms with E-state index in [0.717, 1.165) is 62.0 Å². The summed E-state index contributed by atoms with van der Waals surface area (Å²) >= 11 is 0. The second-order valence-corrected chi connectivity index (χ2v) is 14.8. The van der Waals surface area contributed by atoms with E-state index in [1.165, 1.54) is 0 Å². The highest BCUT2D eigenvalue weighted by atomic mass is 16.6. The van der Waals surface area contributed by atoms with Gasteiger partial charge in [-0.25, -0.2) is 14.4 Å². The highest BCUT2D eigenvalue weighted by Gasteiger charge is 2.37. The number of piperidine rings is 3. The van der Waals surface area contributed by atoms with E-state index >= 15 is 0 Å². The zero-order valence-corrected chi connectivity index (χ0v) is 29.7. The first-order valence-corrected chi connectivity index (χ1v) is 18.6. The highest BCUT2D eigenvalue weighted by Crippen LogP contribution is 2.33. The minimum absolute atomic E-state index is 0.0211. The zero-order chi connectivity index (χ0) is 36.4. The maximum absolute atomic E-state index is 14.2. The first-order valence-electron chi connectivity index (χ1n) is 18.6. The third kappa shape index (κ3) is 7.96. The lowest BCUT2D eigenvalue weighted by molar-refractivity contribution is -0.142. The number of fused-ring (bicyclic) bond motifs is 2. The first kappa shape index (κ1) is 35.5. The van der Waals surface area contributed by atoms with Crippen molar-refractivity contribution in [3.63, 3.8) is 0 Å². The second kappa shape index (κ2) is 15.4. The maximum Gasteiger partial charge on any atom is 0.417 e. The molecule has 3 saturated heterocycles. The van der Waals surface area contributed by atoms with E-state index in [0.29, 0.717) is 74.1 Å². The number of aromatic nitrogens is 1. The van der Waals surface area contributed by atoms with Crippen LogP contribution < -0.4 is 11.1 Å². The fourth-order valence-electron chi connectivity index (χ4n) is 8.67. The molecule has 0 unspecified atom stereocenters. The first-order chi connectivity index (χ1) is 25.1. The minimum Gasteiger partial charge on any atom is -0.480 e. The molecule has 0 bridgehead atoms. The molecule has 4 aliphatic rings. The van der Waals surface area contributed by atoms with Gasteiger partial charge in [-0.1, -0.05) is 24.3 Å². The van der Waals surface area contributed by atoms with Crippen LogP contribution in [0.15, 0.2) is 45.6 Å². The van der Waals surface area contributed by atoms with Crippen molar-refractivity contribution in [3.05, 3.63) is 63.6 Å². The number of likely N-dealkylation sites (tertiary alicyclic amines) is 3. The quantitative estimate of drug-likeness (QED) is 0.311. The number of anilines is 1. The van der Waals surface area contributed by atoms with Gasteiger partial charge >= 0.3 is 23.8 Å². The molecular formula is C38H48N6O8. The van der Waals surface area contributed by atoms with Crippen LogP contribution in [0.25, 0.3) is 11.1 Å². The van der Waals surface area contributed by atoms with Crippen molar-refractivity contribution in [1.82, 2.24) is 24.6 Å². The number of rotatable bonds is 8. The van der Waals surface area contributed by atoms with Crippen molar-refractivity contribution in [2.24, 2.45) is 11.8 Å². The number of carbonyl (C=O) groups excluding carboxylic acids is 3.